The Morgan fingerprint density at radius 1 is 1.11 bits per heavy atom. The van der Waals surface area contributed by atoms with E-state index in [1.54, 1.807) is 0 Å². The number of halogens is 3. The first-order valence-corrected chi connectivity index (χ1v) is 8.20. The minimum atomic E-state index is -0.927. The molecule has 0 spiro atoms. The SMILES string of the molecule is C[C@H](NC(=O)[C@@H](C)c1cc2c(F)nccc2[nH]c1=O)c1ccc(F)cc1F. The molecule has 27 heavy (non-hydrogen) atoms. The number of aromatic amines is 1. The highest BCUT2D eigenvalue weighted by Crippen LogP contribution is 2.21. The lowest BCUT2D eigenvalue weighted by Gasteiger charge is -2.18. The molecule has 0 aliphatic heterocycles. The number of hydrogen-bond donors (Lipinski definition) is 2. The molecule has 0 aliphatic carbocycles. The number of aromatic nitrogens is 2. The second-order valence-corrected chi connectivity index (χ2v) is 6.23. The van der Waals surface area contributed by atoms with E-state index in [1.165, 1.54) is 38.2 Å². The second-order valence-electron chi connectivity index (χ2n) is 6.23. The van der Waals surface area contributed by atoms with Gasteiger partial charge in [0.1, 0.15) is 11.6 Å². The van der Waals surface area contributed by atoms with Gasteiger partial charge in [0.15, 0.2) is 0 Å². The molecule has 2 aromatic heterocycles. The summed E-state index contributed by atoms with van der Waals surface area (Å²) in [5.74, 6) is -3.75. The van der Waals surface area contributed by atoms with Gasteiger partial charge in [0.25, 0.3) is 5.56 Å². The molecule has 2 heterocycles. The van der Waals surface area contributed by atoms with Gasteiger partial charge in [0, 0.05) is 23.4 Å². The van der Waals surface area contributed by atoms with Crippen molar-refractivity contribution in [3.05, 3.63) is 75.6 Å². The number of nitrogens with zero attached hydrogens (tertiary/aromatic N) is 1. The average molecular weight is 375 g/mol. The van der Waals surface area contributed by atoms with E-state index >= 15 is 0 Å². The molecule has 0 aliphatic rings. The maximum atomic E-state index is 13.9. The van der Waals surface area contributed by atoms with Crippen molar-refractivity contribution in [2.75, 3.05) is 0 Å². The lowest BCUT2D eigenvalue weighted by atomic mass is 9.99. The molecule has 2 N–H and O–H groups in total. The van der Waals surface area contributed by atoms with Crippen molar-refractivity contribution in [3.63, 3.8) is 0 Å². The quantitative estimate of drug-likeness (QED) is 0.687. The number of rotatable bonds is 4. The molecule has 0 saturated carbocycles. The molecule has 0 fully saturated rings. The van der Waals surface area contributed by atoms with Crippen molar-refractivity contribution in [1.29, 1.82) is 0 Å². The maximum absolute atomic E-state index is 13.9. The molecule has 5 nitrogen and oxygen atoms in total. The first-order chi connectivity index (χ1) is 12.8. The van der Waals surface area contributed by atoms with E-state index in [0.717, 1.165) is 12.1 Å². The van der Waals surface area contributed by atoms with Crippen molar-refractivity contribution < 1.29 is 18.0 Å². The Balaban J connectivity index is 1.87. The van der Waals surface area contributed by atoms with Crippen LogP contribution in [0.4, 0.5) is 13.2 Å². The Labute approximate surface area is 152 Å². The number of fused-ring (bicyclic) bond motifs is 1. The van der Waals surface area contributed by atoms with E-state index in [-0.39, 0.29) is 22.0 Å². The third-order valence-corrected chi connectivity index (χ3v) is 4.40. The third kappa shape index (κ3) is 3.69. The number of nitrogens with one attached hydrogen (secondary N) is 2. The van der Waals surface area contributed by atoms with Crippen LogP contribution in [0.2, 0.25) is 0 Å². The summed E-state index contributed by atoms with van der Waals surface area (Å²) >= 11 is 0. The van der Waals surface area contributed by atoms with Gasteiger partial charge in [0.05, 0.1) is 22.9 Å². The van der Waals surface area contributed by atoms with Crippen molar-refractivity contribution in [3.8, 4) is 0 Å². The van der Waals surface area contributed by atoms with Crippen molar-refractivity contribution in [2.24, 2.45) is 0 Å². The monoisotopic (exact) mass is 375 g/mol. The van der Waals surface area contributed by atoms with Gasteiger partial charge >= 0.3 is 0 Å². The number of hydrogen-bond acceptors (Lipinski definition) is 3. The van der Waals surface area contributed by atoms with Gasteiger partial charge in [-0.1, -0.05) is 6.07 Å². The smallest absolute Gasteiger partial charge is 0.252 e. The highest BCUT2D eigenvalue weighted by Gasteiger charge is 2.23. The van der Waals surface area contributed by atoms with E-state index in [4.69, 9.17) is 0 Å². The fraction of sp³-hybridized carbons (Fsp3) is 0.211. The molecule has 0 saturated heterocycles. The fourth-order valence-corrected chi connectivity index (χ4v) is 2.84. The summed E-state index contributed by atoms with van der Waals surface area (Å²) in [5.41, 5.74) is -0.0970. The lowest BCUT2D eigenvalue weighted by molar-refractivity contribution is -0.122. The van der Waals surface area contributed by atoms with Crippen LogP contribution in [0.1, 0.15) is 36.9 Å². The van der Waals surface area contributed by atoms with Crippen molar-refractivity contribution in [1.82, 2.24) is 15.3 Å². The molecule has 0 bridgehead atoms. The first-order valence-electron chi connectivity index (χ1n) is 8.20. The molecule has 140 valence electrons. The number of benzene rings is 1. The van der Waals surface area contributed by atoms with E-state index < -0.39 is 41.0 Å². The van der Waals surface area contributed by atoms with Crippen LogP contribution in [0, 0.1) is 17.6 Å². The zero-order valence-electron chi connectivity index (χ0n) is 14.5. The molecule has 1 amide bonds. The molecule has 3 rings (SSSR count). The number of carbonyl (C=O) groups excluding carboxylic acids is 1. The van der Waals surface area contributed by atoms with Crippen LogP contribution in [0.25, 0.3) is 10.9 Å². The Kier molecular flexibility index (Phi) is 4.98. The predicted molar refractivity (Wildman–Crippen MR) is 93.7 cm³/mol. The summed E-state index contributed by atoms with van der Waals surface area (Å²) in [6.07, 6.45) is 1.22. The van der Waals surface area contributed by atoms with Crippen LogP contribution in [0.15, 0.2) is 41.3 Å². The zero-order valence-corrected chi connectivity index (χ0v) is 14.5. The van der Waals surface area contributed by atoms with Gasteiger partial charge in [-0.05, 0) is 32.0 Å². The van der Waals surface area contributed by atoms with Crippen molar-refractivity contribution >= 4 is 16.8 Å². The Morgan fingerprint density at radius 2 is 1.85 bits per heavy atom. The molecule has 3 aromatic rings. The van der Waals surface area contributed by atoms with Crippen LogP contribution in [0.5, 0.6) is 0 Å². The number of pyridine rings is 2. The standard InChI is InChI=1S/C19H16F3N3O2/c1-9(13-8-14-16(25-19(13)27)5-6-23-17(14)22)18(26)24-10(2)12-4-3-11(20)7-15(12)21/h3-10H,1-2H3,(H,24,26)(H,25,27)/t9-,10-/m0/s1. The molecular weight excluding hydrogens is 359 g/mol. The second kappa shape index (κ2) is 7.22. The normalized spacial score (nSPS) is 13.4. The van der Waals surface area contributed by atoms with Crippen LogP contribution < -0.4 is 10.9 Å². The topological polar surface area (TPSA) is 74.8 Å². The largest absolute Gasteiger partial charge is 0.349 e. The zero-order chi connectivity index (χ0) is 19.7. The van der Waals surface area contributed by atoms with E-state index in [0.29, 0.717) is 0 Å². The van der Waals surface area contributed by atoms with Crippen LogP contribution in [-0.2, 0) is 4.79 Å². The molecule has 0 radical (unpaired) electrons. The van der Waals surface area contributed by atoms with Crippen LogP contribution in [-0.4, -0.2) is 15.9 Å². The van der Waals surface area contributed by atoms with Crippen LogP contribution in [0.3, 0.4) is 0 Å². The third-order valence-electron chi connectivity index (χ3n) is 4.40. The van der Waals surface area contributed by atoms with Crippen LogP contribution >= 0.6 is 0 Å². The molecule has 2 atom stereocenters. The number of amides is 1. The number of carbonyl (C=O) groups is 1. The average Bonchev–Trinajstić information content (AvgIpc) is 2.60. The Morgan fingerprint density at radius 3 is 2.56 bits per heavy atom. The van der Waals surface area contributed by atoms with Gasteiger partial charge in [-0.25, -0.2) is 13.8 Å². The molecule has 1 aromatic carbocycles. The maximum Gasteiger partial charge on any atom is 0.252 e. The molecular formula is C19H16F3N3O2. The van der Waals surface area contributed by atoms with Gasteiger partial charge < -0.3 is 10.3 Å². The molecule has 0 unspecified atom stereocenters. The van der Waals surface area contributed by atoms with Gasteiger partial charge in [-0.3, -0.25) is 9.59 Å². The van der Waals surface area contributed by atoms with E-state index in [9.17, 15) is 22.8 Å². The van der Waals surface area contributed by atoms with Gasteiger partial charge in [0.2, 0.25) is 11.9 Å². The summed E-state index contributed by atoms with van der Waals surface area (Å²) in [4.78, 5) is 30.8. The minimum absolute atomic E-state index is 0.0543. The van der Waals surface area contributed by atoms with Gasteiger partial charge in [-0.15, -0.1) is 0 Å². The lowest BCUT2D eigenvalue weighted by Crippen LogP contribution is -2.33. The highest BCUT2D eigenvalue weighted by atomic mass is 19.1. The summed E-state index contributed by atoms with van der Waals surface area (Å²) in [5, 5.41) is 2.67. The van der Waals surface area contributed by atoms with E-state index in [1.807, 2.05) is 0 Å². The predicted octanol–water partition coefficient (Wildman–Crippen LogP) is 3.32. The minimum Gasteiger partial charge on any atom is -0.349 e. The highest BCUT2D eigenvalue weighted by molar-refractivity contribution is 5.85. The first kappa shape index (κ1) is 18.6. The summed E-state index contributed by atoms with van der Waals surface area (Å²) < 4.78 is 40.8. The van der Waals surface area contributed by atoms with E-state index in [2.05, 4.69) is 15.3 Å². The number of H-pyrrole nitrogens is 1. The fourth-order valence-electron chi connectivity index (χ4n) is 2.84. The molecule has 8 heteroatoms. The Hall–Kier alpha value is -3.16. The summed E-state index contributed by atoms with van der Waals surface area (Å²) in [6.45, 7) is 3.02. The summed E-state index contributed by atoms with van der Waals surface area (Å²) in [6, 6.07) is 5.04. The summed E-state index contributed by atoms with van der Waals surface area (Å²) in [7, 11) is 0. The van der Waals surface area contributed by atoms with Crippen molar-refractivity contribution in [2.45, 2.75) is 25.8 Å². The van der Waals surface area contributed by atoms with Gasteiger partial charge in [-0.2, -0.15) is 4.39 Å². The Bertz CT molecular complexity index is 1080.